The number of rotatable bonds is 16. The Morgan fingerprint density at radius 3 is 2.03 bits per heavy atom. The van der Waals surface area contributed by atoms with E-state index in [2.05, 4.69) is 19.2 Å². The lowest BCUT2D eigenvalue weighted by atomic mass is 9.47. The third kappa shape index (κ3) is 7.51. The average Bonchev–Trinajstić information content (AvgIpc) is 3.29. The van der Waals surface area contributed by atoms with Crippen molar-refractivity contribution < 1.29 is 0 Å². The van der Waals surface area contributed by atoms with Crippen molar-refractivity contribution in [1.29, 1.82) is 0 Å². The summed E-state index contributed by atoms with van der Waals surface area (Å²) in [5, 5.41) is 3.76. The van der Waals surface area contributed by atoms with Gasteiger partial charge < -0.3 is 5.32 Å². The van der Waals surface area contributed by atoms with Gasteiger partial charge in [-0.2, -0.15) is 0 Å². The predicted octanol–water partition coefficient (Wildman–Crippen LogP) is 10.3. The van der Waals surface area contributed by atoms with E-state index in [0.29, 0.717) is 0 Å². The second-order valence-corrected chi connectivity index (χ2v) is 14.0. The molecule has 4 fully saturated rings. The molecular formula is C34H63N. The van der Waals surface area contributed by atoms with Crippen molar-refractivity contribution in [2.24, 2.45) is 40.9 Å². The maximum absolute atomic E-state index is 3.76. The zero-order valence-corrected chi connectivity index (χ0v) is 24.1. The fourth-order valence-corrected chi connectivity index (χ4v) is 9.95. The average molecular weight is 486 g/mol. The van der Waals surface area contributed by atoms with E-state index in [9.17, 15) is 0 Å². The molecule has 4 aliphatic rings. The number of hydrogen-bond donors (Lipinski definition) is 1. The van der Waals surface area contributed by atoms with Gasteiger partial charge >= 0.3 is 0 Å². The highest BCUT2D eigenvalue weighted by atomic mass is 14.8. The molecular weight excluding hydrogens is 422 g/mol. The highest BCUT2D eigenvalue weighted by Gasteiger charge is 2.55. The van der Waals surface area contributed by atoms with Crippen molar-refractivity contribution >= 4 is 0 Å². The maximum atomic E-state index is 3.76. The van der Waals surface area contributed by atoms with Gasteiger partial charge in [-0.05, 0) is 118 Å². The van der Waals surface area contributed by atoms with Crippen LogP contribution in [0.25, 0.3) is 0 Å². The Kier molecular flexibility index (Phi) is 11.8. The summed E-state index contributed by atoms with van der Waals surface area (Å²) in [7, 11) is 0. The first kappa shape index (κ1) is 28.0. The lowest BCUT2D eigenvalue weighted by molar-refractivity contribution is -0.0871. The molecule has 1 nitrogen and oxygen atoms in total. The fourth-order valence-electron chi connectivity index (χ4n) is 9.95. The minimum atomic E-state index is 0.726. The molecule has 0 radical (unpaired) electrons. The van der Waals surface area contributed by atoms with Gasteiger partial charge in [0.2, 0.25) is 0 Å². The van der Waals surface area contributed by atoms with E-state index in [-0.39, 0.29) is 0 Å². The lowest BCUT2D eigenvalue weighted by Gasteiger charge is -2.58. The Morgan fingerprint density at radius 1 is 0.600 bits per heavy atom. The monoisotopic (exact) mass is 485 g/mol. The van der Waals surface area contributed by atoms with Gasteiger partial charge in [-0.1, -0.05) is 97.3 Å². The second-order valence-electron chi connectivity index (χ2n) is 14.0. The van der Waals surface area contributed by atoms with Crippen molar-refractivity contribution in [2.45, 2.75) is 162 Å². The molecule has 0 aromatic carbocycles. The molecule has 1 heteroatoms. The van der Waals surface area contributed by atoms with Gasteiger partial charge in [-0.15, -0.1) is 0 Å². The molecule has 0 spiro atoms. The summed E-state index contributed by atoms with van der Waals surface area (Å²) in [6.45, 7) is 7.57. The van der Waals surface area contributed by atoms with Crippen LogP contribution in [0.3, 0.4) is 0 Å². The van der Waals surface area contributed by atoms with Crippen LogP contribution in [-0.2, 0) is 0 Å². The summed E-state index contributed by atoms with van der Waals surface area (Å²) >= 11 is 0. The SMILES string of the molecule is CCCCCCCCCCCCNCCCC[C@H]1CCC2C3CCC4CCCC[C@]4(C)C3CCC21. The smallest absolute Gasteiger partial charge is 0.00489 e. The van der Waals surface area contributed by atoms with Crippen molar-refractivity contribution in [3.05, 3.63) is 0 Å². The summed E-state index contributed by atoms with van der Waals surface area (Å²) in [5.41, 5.74) is 0.726. The summed E-state index contributed by atoms with van der Waals surface area (Å²) in [4.78, 5) is 0. The molecule has 0 aromatic heterocycles. The van der Waals surface area contributed by atoms with E-state index in [4.69, 9.17) is 0 Å². The zero-order chi connectivity index (χ0) is 24.3. The number of nitrogens with one attached hydrogen (secondary N) is 1. The molecule has 0 aliphatic heterocycles. The molecule has 0 amide bonds. The molecule has 7 atom stereocenters. The topological polar surface area (TPSA) is 12.0 Å². The van der Waals surface area contributed by atoms with Crippen molar-refractivity contribution in [3.63, 3.8) is 0 Å². The summed E-state index contributed by atoms with van der Waals surface area (Å²) in [6, 6.07) is 0. The van der Waals surface area contributed by atoms with E-state index in [0.717, 1.165) is 40.9 Å². The highest BCUT2D eigenvalue weighted by molar-refractivity contribution is 5.04. The minimum Gasteiger partial charge on any atom is -0.317 e. The Hall–Kier alpha value is -0.0400. The van der Waals surface area contributed by atoms with Gasteiger partial charge in [0.05, 0.1) is 0 Å². The zero-order valence-electron chi connectivity index (χ0n) is 24.1. The first-order valence-corrected chi connectivity index (χ1v) is 16.9. The third-order valence-corrected chi connectivity index (χ3v) is 11.9. The van der Waals surface area contributed by atoms with Crippen molar-refractivity contribution in [1.82, 2.24) is 5.32 Å². The molecule has 1 N–H and O–H groups in total. The van der Waals surface area contributed by atoms with Gasteiger partial charge in [0, 0.05) is 0 Å². The van der Waals surface area contributed by atoms with Gasteiger partial charge in [0.25, 0.3) is 0 Å². The number of fused-ring (bicyclic) bond motifs is 5. The Labute approximate surface area is 220 Å². The third-order valence-electron chi connectivity index (χ3n) is 11.9. The van der Waals surface area contributed by atoms with Crippen LogP contribution in [0.1, 0.15) is 162 Å². The van der Waals surface area contributed by atoms with Gasteiger partial charge in [-0.3, -0.25) is 0 Å². The Balaban J connectivity index is 1.02. The van der Waals surface area contributed by atoms with Crippen LogP contribution in [0.15, 0.2) is 0 Å². The molecule has 0 aromatic rings. The molecule has 5 unspecified atom stereocenters. The molecule has 0 heterocycles. The lowest BCUT2D eigenvalue weighted by Crippen LogP contribution is -2.50. The van der Waals surface area contributed by atoms with Crippen LogP contribution in [0, 0.1) is 40.9 Å². The van der Waals surface area contributed by atoms with E-state index in [1.165, 1.54) is 103 Å². The first-order chi connectivity index (χ1) is 17.2. The summed E-state index contributed by atoms with van der Waals surface area (Å²) in [5.74, 6) is 6.60. The second kappa shape index (κ2) is 14.8. The summed E-state index contributed by atoms with van der Waals surface area (Å²) in [6.07, 6.45) is 34.6. The Morgan fingerprint density at radius 2 is 1.26 bits per heavy atom. The standard InChI is InChI=1S/C34H63N/c1-3-4-5-6-7-8-9-10-11-15-26-35-27-16-13-17-28-19-21-31-30(28)23-24-33-32(31)22-20-29-18-12-14-25-34(29,33)2/h28-33,35H,3-27H2,1-2H3/t28-,29?,30?,31?,32?,33?,34-/m0/s1. The van der Waals surface area contributed by atoms with E-state index in [1.54, 1.807) is 57.8 Å². The molecule has 204 valence electrons. The van der Waals surface area contributed by atoms with Gasteiger partial charge in [-0.25, -0.2) is 0 Å². The molecule has 0 bridgehead atoms. The molecule has 4 rings (SSSR count). The Bertz CT molecular complexity index is 571. The normalized spacial score (nSPS) is 36.5. The van der Waals surface area contributed by atoms with Crippen LogP contribution in [-0.4, -0.2) is 13.1 Å². The van der Waals surface area contributed by atoms with Gasteiger partial charge in [0.15, 0.2) is 0 Å². The van der Waals surface area contributed by atoms with Crippen LogP contribution in [0.2, 0.25) is 0 Å². The molecule has 4 aliphatic carbocycles. The van der Waals surface area contributed by atoms with Crippen LogP contribution < -0.4 is 5.32 Å². The molecule has 35 heavy (non-hydrogen) atoms. The number of unbranched alkanes of at least 4 members (excludes halogenated alkanes) is 10. The predicted molar refractivity (Wildman–Crippen MR) is 154 cm³/mol. The fraction of sp³-hybridized carbons (Fsp3) is 1.00. The number of hydrogen-bond acceptors (Lipinski definition) is 1. The van der Waals surface area contributed by atoms with E-state index in [1.807, 2.05) is 0 Å². The van der Waals surface area contributed by atoms with E-state index >= 15 is 0 Å². The van der Waals surface area contributed by atoms with E-state index < -0.39 is 0 Å². The largest absolute Gasteiger partial charge is 0.317 e. The first-order valence-electron chi connectivity index (χ1n) is 16.9. The quantitative estimate of drug-likeness (QED) is 0.214. The van der Waals surface area contributed by atoms with Crippen LogP contribution >= 0.6 is 0 Å². The van der Waals surface area contributed by atoms with Crippen molar-refractivity contribution in [2.75, 3.05) is 13.1 Å². The van der Waals surface area contributed by atoms with Crippen molar-refractivity contribution in [3.8, 4) is 0 Å². The molecule has 4 saturated carbocycles. The summed E-state index contributed by atoms with van der Waals surface area (Å²) < 4.78 is 0. The molecule has 0 saturated heterocycles. The van der Waals surface area contributed by atoms with Gasteiger partial charge in [0.1, 0.15) is 0 Å². The van der Waals surface area contributed by atoms with Crippen LogP contribution in [0.5, 0.6) is 0 Å². The van der Waals surface area contributed by atoms with Crippen LogP contribution in [0.4, 0.5) is 0 Å². The minimum absolute atomic E-state index is 0.726. The highest BCUT2D eigenvalue weighted by Crippen LogP contribution is 2.64. The maximum Gasteiger partial charge on any atom is -0.00489 e.